The van der Waals surface area contributed by atoms with Gasteiger partial charge in [-0.2, -0.15) is 0 Å². The molecule has 1 N–H and O–H groups in total. The van der Waals surface area contributed by atoms with Gasteiger partial charge in [-0.15, -0.1) is 0 Å². The predicted octanol–water partition coefficient (Wildman–Crippen LogP) is -0.125. The molecule has 6 heteroatoms. The summed E-state index contributed by atoms with van der Waals surface area (Å²) >= 11 is 0. The zero-order chi connectivity index (χ0) is 14.3. The molecule has 0 aliphatic carbocycles. The zero-order valence-corrected chi connectivity index (χ0v) is 12.4. The van der Waals surface area contributed by atoms with Gasteiger partial charge in [0.05, 0.1) is 24.9 Å². The van der Waals surface area contributed by atoms with Crippen molar-refractivity contribution in [3.8, 4) is 0 Å². The van der Waals surface area contributed by atoms with Gasteiger partial charge in [-0.25, -0.2) is 0 Å². The summed E-state index contributed by atoms with van der Waals surface area (Å²) < 4.78 is 15.8. The number of carbonyl (C=O) groups excluding carboxylic acids is 1. The summed E-state index contributed by atoms with van der Waals surface area (Å²) in [5.41, 5.74) is -0.201. The number of methoxy groups -OCH3 is 2. The number of nitrogens with zero attached hydrogens (tertiary/aromatic N) is 1. The minimum absolute atomic E-state index is 0.0172. The number of amides is 1. The van der Waals surface area contributed by atoms with Gasteiger partial charge in [-0.1, -0.05) is 0 Å². The van der Waals surface area contributed by atoms with Crippen molar-refractivity contribution in [2.75, 3.05) is 53.7 Å². The maximum Gasteiger partial charge on any atom is 0.248 e. The van der Waals surface area contributed by atoms with E-state index in [4.69, 9.17) is 14.2 Å². The van der Waals surface area contributed by atoms with Crippen LogP contribution in [0.2, 0.25) is 0 Å². The number of carbonyl (C=O) groups is 1. The lowest BCUT2D eigenvalue weighted by atomic mass is 10.0. The Morgan fingerprint density at radius 3 is 2.53 bits per heavy atom. The van der Waals surface area contributed by atoms with Crippen LogP contribution < -0.4 is 5.32 Å². The Labute approximate surface area is 115 Å². The second-order valence-electron chi connectivity index (χ2n) is 5.23. The number of hydrogen-bond donors (Lipinski definition) is 1. The Balaban J connectivity index is 2.44. The number of rotatable bonds is 9. The highest BCUT2D eigenvalue weighted by atomic mass is 16.5. The van der Waals surface area contributed by atoms with E-state index >= 15 is 0 Å². The smallest absolute Gasteiger partial charge is 0.248 e. The molecule has 1 atom stereocenters. The van der Waals surface area contributed by atoms with Gasteiger partial charge in [0.2, 0.25) is 5.91 Å². The normalized spacial score (nSPS) is 18.7. The number of ether oxygens (including phenoxy) is 3. The summed E-state index contributed by atoms with van der Waals surface area (Å²) in [6, 6.07) is 0.0172. The maximum absolute atomic E-state index is 12.2. The van der Waals surface area contributed by atoms with Gasteiger partial charge in [-0.3, -0.25) is 4.79 Å². The Kier molecular flexibility index (Phi) is 6.71. The molecular weight excluding hydrogens is 248 g/mol. The lowest BCUT2D eigenvalue weighted by Crippen LogP contribution is -2.60. The van der Waals surface area contributed by atoms with E-state index in [2.05, 4.69) is 5.32 Å². The van der Waals surface area contributed by atoms with E-state index in [9.17, 15) is 4.79 Å². The SMILES string of the molecule is COCCN(C(=O)COC1(C)CNC1)C(C)COC. The molecule has 1 aliphatic rings. The molecule has 112 valence electrons. The van der Waals surface area contributed by atoms with Gasteiger partial charge in [0.15, 0.2) is 0 Å². The fourth-order valence-electron chi connectivity index (χ4n) is 2.01. The molecule has 0 bridgehead atoms. The van der Waals surface area contributed by atoms with E-state index < -0.39 is 0 Å². The third kappa shape index (κ3) is 5.06. The van der Waals surface area contributed by atoms with Crippen LogP contribution in [0.4, 0.5) is 0 Å². The molecule has 1 amide bonds. The molecule has 1 aliphatic heterocycles. The average Bonchev–Trinajstić information content (AvgIpc) is 2.35. The van der Waals surface area contributed by atoms with Crippen LogP contribution in [0.3, 0.4) is 0 Å². The molecule has 0 saturated carbocycles. The quantitative estimate of drug-likeness (QED) is 0.635. The van der Waals surface area contributed by atoms with Crippen molar-refractivity contribution >= 4 is 5.91 Å². The zero-order valence-electron chi connectivity index (χ0n) is 12.4. The minimum Gasteiger partial charge on any atom is -0.383 e. The van der Waals surface area contributed by atoms with Crippen molar-refractivity contribution in [2.45, 2.75) is 25.5 Å². The molecule has 0 aromatic rings. The van der Waals surface area contributed by atoms with Crippen LogP contribution in [-0.4, -0.2) is 76.1 Å². The van der Waals surface area contributed by atoms with Gasteiger partial charge in [0, 0.05) is 33.9 Å². The van der Waals surface area contributed by atoms with Crippen LogP contribution >= 0.6 is 0 Å². The molecular formula is C13H26N2O4. The minimum atomic E-state index is -0.201. The number of hydrogen-bond acceptors (Lipinski definition) is 5. The van der Waals surface area contributed by atoms with Crippen molar-refractivity contribution in [2.24, 2.45) is 0 Å². The lowest BCUT2D eigenvalue weighted by molar-refractivity contribution is -0.149. The fourth-order valence-corrected chi connectivity index (χ4v) is 2.01. The largest absolute Gasteiger partial charge is 0.383 e. The van der Waals surface area contributed by atoms with E-state index in [0.717, 1.165) is 13.1 Å². The Morgan fingerprint density at radius 2 is 2.05 bits per heavy atom. The van der Waals surface area contributed by atoms with E-state index in [0.29, 0.717) is 19.8 Å². The van der Waals surface area contributed by atoms with Crippen molar-refractivity contribution < 1.29 is 19.0 Å². The van der Waals surface area contributed by atoms with Crippen molar-refractivity contribution in [1.82, 2.24) is 10.2 Å². The molecule has 6 nitrogen and oxygen atoms in total. The van der Waals surface area contributed by atoms with E-state index in [1.807, 2.05) is 13.8 Å². The molecule has 19 heavy (non-hydrogen) atoms. The summed E-state index contributed by atoms with van der Waals surface area (Å²) in [7, 11) is 3.26. The first-order valence-corrected chi connectivity index (χ1v) is 6.64. The molecule has 0 spiro atoms. The Morgan fingerprint density at radius 1 is 1.37 bits per heavy atom. The fraction of sp³-hybridized carbons (Fsp3) is 0.923. The maximum atomic E-state index is 12.2. The molecule has 1 rings (SSSR count). The second kappa shape index (κ2) is 7.79. The Hall–Kier alpha value is -0.690. The Bertz CT molecular complexity index is 282. The molecule has 0 aromatic heterocycles. The highest BCUT2D eigenvalue weighted by Gasteiger charge is 2.34. The standard InChI is InChI=1S/C13H26N2O4/c1-11(7-18-4)15(5-6-17-3)12(16)8-19-13(2)9-14-10-13/h11,14H,5-10H2,1-4H3. The summed E-state index contributed by atoms with van der Waals surface area (Å²) in [4.78, 5) is 14.0. The highest BCUT2D eigenvalue weighted by molar-refractivity contribution is 5.77. The van der Waals surface area contributed by atoms with Crippen LogP contribution in [-0.2, 0) is 19.0 Å². The van der Waals surface area contributed by atoms with Crippen molar-refractivity contribution in [3.05, 3.63) is 0 Å². The van der Waals surface area contributed by atoms with Gasteiger partial charge in [0.1, 0.15) is 6.61 Å². The molecule has 1 fully saturated rings. The lowest BCUT2D eigenvalue weighted by Gasteiger charge is -2.39. The summed E-state index contributed by atoms with van der Waals surface area (Å²) in [5, 5.41) is 3.14. The molecule has 0 radical (unpaired) electrons. The highest BCUT2D eigenvalue weighted by Crippen LogP contribution is 2.15. The first kappa shape index (κ1) is 16.4. The third-order valence-electron chi connectivity index (χ3n) is 3.34. The van der Waals surface area contributed by atoms with Crippen LogP contribution in [0, 0.1) is 0 Å². The van der Waals surface area contributed by atoms with Gasteiger partial charge in [-0.05, 0) is 13.8 Å². The molecule has 1 saturated heterocycles. The molecule has 0 aromatic carbocycles. The average molecular weight is 274 g/mol. The third-order valence-corrected chi connectivity index (χ3v) is 3.34. The van der Waals surface area contributed by atoms with Crippen LogP contribution in [0.5, 0.6) is 0 Å². The van der Waals surface area contributed by atoms with Gasteiger partial charge in [0.25, 0.3) is 0 Å². The van der Waals surface area contributed by atoms with Crippen molar-refractivity contribution in [3.63, 3.8) is 0 Å². The van der Waals surface area contributed by atoms with E-state index in [-0.39, 0.29) is 24.2 Å². The van der Waals surface area contributed by atoms with Crippen LogP contribution in [0.25, 0.3) is 0 Å². The number of nitrogens with one attached hydrogen (secondary N) is 1. The monoisotopic (exact) mass is 274 g/mol. The molecule has 1 unspecified atom stereocenters. The van der Waals surface area contributed by atoms with Crippen molar-refractivity contribution in [1.29, 1.82) is 0 Å². The van der Waals surface area contributed by atoms with E-state index in [1.165, 1.54) is 0 Å². The molecule has 1 heterocycles. The van der Waals surface area contributed by atoms with Crippen LogP contribution in [0.15, 0.2) is 0 Å². The second-order valence-corrected chi connectivity index (χ2v) is 5.23. The van der Waals surface area contributed by atoms with Gasteiger partial charge >= 0.3 is 0 Å². The first-order valence-electron chi connectivity index (χ1n) is 6.64. The van der Waals surface area contributed by atoms with Crippen LogP contribution in [0.1, 0.15) is 13.8 Å². The topological polar surface area (TPSA) is 60.0 Å². The predicted molar refractivity (Wildman–Crippen MR) is 72.2 cm³/mol. The summed E-state index contributed by atoms with van der Waals surface area (Å²) in [5.74, 6) is -0.0188. The summed E-state index contributed by atoms with van der Waals surface area (Å²) in [6.45, 7) is 7.25. The summed E-state index contributed by atoms with van der Waals surface area (Å²) in [6.07, 6.45) is 0. The van der Waals surface area contributed by atoms with E-state index in [1.54, 1.807) is 19.1 Å². The first-order chi connectivity index (χ1) is 9.02. The van der Waals surface area contributed by atoms with Gasteiger partial charge < -0.3 is 24.4 Å².